The van der Waals surface area contributed by atoms with Gasteiger partial charge in [-0.1, -0.05) is 51.9 Å². The fraction of sp³-hybridized carbons (Fsp3) is 0.944. The molecule has 0 unspecified atom stereocenters. The Morgan fingerprint density at radius 1 is 1.04 bits per heavy atom. The highest BCUT2D eigenvalue weighted by Crippen LogP contribution is 2.16. The highest BCUT2D eigenvalue weighted by molar-refractivity contribution is 5.85. The lowest BCUT2D eigenvalue weighted by atomic mass is 9.96. The number of hydrogen-bond donors (Lipinski definition) is 1. The van der Waals surface area contributed by atoms with Crippen LogP contribution in [0, 0.1) is 0 Å². The first-order valence-corrected chi connectivity index (χ1v) is 9.14. The molecule has 0 spiro atoms. The summed E-state index contributed by atoms with van der Waals surface area (Å²) in [5.41, 5.74) is -0.0905. The van der Waals surface area contributed by atoms with E-state index in [1.54, 1.807) is 0 Å². The standard InChI is InChI=1S/C18H36N2O2.ClH/c1-4-5-6-7-8-9-10-11-18(2,3)19-17(21)16-20-12-14-22-15-13-20;/h4-16H2,1-3H3,(H,19,21);1H. The van der Waals surface area contributed by atoms with E-state index in [1.807, 2.05) is 0 Å². The number of hydrogen-bond acceptors (Lipinski definition) is 3. The Morgan fingerprint density at radius 3 is 2.22 bits per heavy atom. The van der Waals surface area contributed by atoms with E-state index < -0.39 is 0 Å². The highest BCUT2D eigenvalue weighted by Gasteiger charge is 2.21. The average molecular weight is 349 g/mol. The number of amides is 1. The third-order valence-electron chi connectivity index (χ3n) is 4.35. The second-order valence-electron chi connectivity index (χ2n) is 7.19. The number of ether oxygens (including phenoxy) is 1. The Hall–Kier alpha value is -0.320. The lowest BCUT2D eigenvalue weighted by Gasteiger charge is -2.30. The summed E-state index contributed by atoms with van der Waals surface area (Å²) in [6.07, 6.45) is 10.3. The van der Waals surface area contributed by atoms with Crippen molar-refractivity contribution in [3.8, 4) is 0 Å². The van der Waals surface area contributed by atoms with Crippen molar-refractivity contribution in [1.82, 2.24) is 10.2 Å². The molecule has 0 aliphatic carbocycles. The van der Waals surface area contributed by atoms with Crippen LogP contribution in [0.3, 0.4) is 0 Å². The van der Waals surface area contributed by atoms with Gasteiger partial charge in [0.15, 0.2) is 0 Å². The minimum atomic E-state index is -0.0905. The van der Waals surface area contributed by atoms with Gasteiger partial charge < -0.3 is 10.1 Å². The minimum absolute atomic E-state index is 0. The van der Waals surface area contributed by atoms with Gasteiger partial charge in [-0.15, -0.1) is 12.4 Å². The Balaban J connectivity index is 0.00000484. The van der Waals surface area contributed by atoms with Crippen molar-refractivity contribution in [1.29, 1.82) is 0 Å². The molecule has 1 N–H and O–H groups in total. The molecule has 4 nitrogen and oxygen atoms in total. The Kier molecular flexibility index (Phi) is 12.8. The van der Waals surface area contributed by atoms with E-state index in [4.69, 9.17) is 4.74 Å². The van der Waals surface area contributed by atoms with Crippen molar-refractivity contribution in [2.75, 3.05) is 32.8 Å². The summed E-state index contributed by atoms with van der Waals surface area (Å²) in [6, 6.07) is 0. The zero-order valence-electron chi connectivity index (χ0n) is 15.4. The van der Waals surface area contributed by atoms with Gasteiger partial charge in [0.1, 0.15) is 0 Å². The van der Waals surface area contributed by atoms with Crippen molar-refractivity contribution in [2.45, 2.75) is 77.7 Å². The average Bonchev–Trinajstić information content (AvgIpc) is 2.46. The fourth-order valence-electron chi connectivity index (χ4n) is 2.97. The van der Waals surface area contributed by atoms with E-state index in [0.29, 0.717) is 6.54 Å². The lowest BCUT2D eigenvalue weighted by molar-refractivity contribution is -0.124. The van der Waals surface area contributed by atoms with Crippen LogP contribution < -0.4 is 5.32 Å². The first-order valence-electron chi connectivity index (χ1n) is 9.14. The van der Waals surface area contributed by atoms with Crippen LogP contribution in [0.1, 0.15) is 72.1 Å². The number of carbonyl (C=O) groups excluding carboxylic acids is 1. The van der Waals surface area contributed by atoms with E-state index in [2.05, 4.69) is 31.0 Å². The number of unbranched alkanes of at least 4 members (excludes halogenated alkanes) is 6. The first kappa shape index (κ1) is 22.7. The summed E-state index contributed by atoms with van der Waals surface area (Å²) in [5, 5.41) is 3.19. The largest absolute Gasteiger partial charge is 0.379 e. The molecule has 1 rings (SSSR count). The summed E-state index contributed by atoms with van der Waals surface area (Å²) in [4.78, 5) is 14.3. The maximum atomic E-state index is 12.1. The SMILES string of the molecule is CCCCCCCCCC(C)(C)NC(=O)CN1CCOCC1.Cl. The van der Waals surface area contributed by atoms with Crippen molar-refractivity contribution in [3.05, 3.63) is 0 Å². The van der Waals surface area contributed by atoms with Gasteiger partial charge in [0, 0.05) is 18.6 Å². The first-order chi connectivity index (χ1) is 10.5. The van der Waals surface area contributed by atoms with Gasteiger partial charge in [-0.2, -0.15) is 0 Å². The Labute approximate surface area is 149 Å². The predicted octanol–water partition coefficient (Wildman–Crippen LogP) is 3.78. The van der Waals surface area contributed by atoms with Crippen LogP contribution >= 0.6 is 12.4 Å². The number of halogens is 1. The number of nitrogens with zero attached hydrogens (tertiary/aromatic N) is 1. The number of nitrogens with one attached hydrogen (secondary N) is 1. The van der Waals surface area contributed by atoms with Gasteiger partial charge in [-0.3, -0.25) is 9.69 Å². The van der Waals surface area contributed by atoms with Crippen LogP contribution in [-0.4, -0.2) is 49.2 Å². The zero-order valence-corrected chi connectivity index (χ0v) is 16.2. The highest BCUT2D eigenvalue weighted by atomic mass is 35.5. The molecule has 1 aliphatic rings. The maximum absolute atomic E-state index is 12.1. The normalized spacial score (nSPS) is 16.0. The molecule has 5 heteroatoms. The Morgan fingerprint density at radius 2 is 1.61 bits per heavy atom. The van der Waals surface area contributed by atoms with Crippen molar-refractivity contribution >= 4 is 18.3 Å². The van der Waals surface area contributed by atoms with Gasteiger partial charge in [-0.25, -0.2) is 0 Å². The molecule has 1 aliphatic heterocycles. The smallest absolute Gasteiger partial charge is 0.234 e. The molecular weight excluding hydrogens is 312 g/mol. The second kappa shape index (κ2) is 13.0. The van der Waals surface area contributed by atoms with Crippen LogP contribution in [0.15, 0.2) is 0 Å². The molecule has 138 valence electrons. The van der Waals surface area contributed by atoms with Gasteiger partial charge in [0.05, 0.1) is 19.8 Å². The summed E-state index contributed by atoms with van der Waals surface area (Å²) in [6.45, 7) is 10.3. The van der Waals surface area contributed by atoms with Crippen molar-refractivity contribution < 1.29 is 9.53 Å². The molecule has 0 radical (unpaired) electrons. The van der Waals surface area contributed by atoms with E-state index in [1.165, 1.54) is 44.9 Å². The topological polar surface area (TPSA) is 41.6 Å². The summed E-state index contributed by atoms with van der Waals surface area (Å²) in [7, 11) is 0. The molecule has 0 aromatic carbocycles. The third-order valence-corrected chi connectivity index (χ3v) is 4.35. The second-order valence-corrected chi connectivity index (χ2v) is 7.19. The number of morpholine rings is 1. The van der Waals surface area contributed by atoms with Gasteiger partial charge in [-0.05, 0) is 20.3 Å². The quantitative estimate of drug-likeness (QED) is 0.578. The molecule has 1 amide bonds. The molecule has 0 atom stereocenters. The van der Waals surface area contributed by atoms with E-state index in [0.717, 1.165) is 32.7 Å². The van der Waals surface area contributed by atoms with E-state index in [9.17, 15) is 4.79 Å². The van der Waals surface area contributed by atoms with Crippen LogP contribution in [0.25, 0.3) is 0 Å². The van der Waals surface area contributed by atoms with Crippen LogP contribution in [0.2, 0.25) is 0 Å². The fourth-order valence-corrected chi connectivity index (χ4v) is 2.97. The van der Waals surface area contributed by atoms with Crippen molar-refractivity contribution in [3.63, 3.8) is 0 Å². The molecule has 1 heterocycles. The van der Waals surface area contributed by atoms with Crippen molar-refractivity contribution in [2.24, 2.45) is 0 Å². The molecule has 0 aromatic heterocycles. The molecule has 23 heavy (non-hydrogen) atoms. The van der Waals surface area contributed by atoms with Crippen LogP contribution in [0.4, 0.5) is 0 Å². The summed E-state index contributed by atoms with van der Waals surface area (Å²) < 4.78 is 5.31. The maximum Gasteiger partial charge on any atom is 0.234 e. The van der Waals surface area contributed by atoms with Crippen LogP contribution in [0.5, 0.6) is 0 Å². The molecular formula is C18H37ClN2O2. The summed E-state index contributed by atoms with van der Waals surface area (Å²) in [5.74, 6) is 0.148. The van der Waals surface area contributed by atoms with Gasteiger partial charge >= 0.3 is 0 Å². The monoisotopic (exact) mass is 348 g/mol. The molecule has 1 saturated heterocycles. The summed E-state index contributed by atoms with van der Waals surface area (Å²) >= 11 is 0. The van der Waals surface area contributed by atoms with Gasteiger partial charge in [0.25, 0.3) is 0 Å². The Bertz CT molecular complexity index is 305. The molecule has 0 aromatic rings. The van der Waals surface area contributed by atoms with Crippen LogP contribution in [-0.2, 0) is 9.53 Å². The zero-order chi connectivity index (χ0) is 16.3. The predicted molar refractivity (Wildman–Crippen MR) is 99.3 cm³/mol. The number of rotatable bonds is 11. The van der Waals surface area contributed by atoms with E-state index in [-0.39, 0.29) is 23.9 Å². The van der Waals surface area contributed by atoms with Gasteiger partial charge in [0.2, 0.25) is 5.91 Å². The molecule has 1 fully saturated rings. The third kappa shape index (κ3) is 11.8. The lowest BCUT2D eigenvalue weighted by Crippen LogP contribution is -2.49. The number of carbonyl (C=O) groups is 1. The minimum Gasteiger partial charge on any atom is -0.379 e. The molecule has 0 bridgehead atoms. The van der Waals surface area contributed by atoms with E-state index >= 15 is 0 Å². The molecule has 0 saturated carbocycles.